The Morgan fingerprint density at radius 3 is 2.53 bits per heavy atom. The van der Waals surface area contributed by atoms with Gasteiger partial charge in [-0.15, -0.1) is 0 Å². The Bertz CT molecular complexity index is 844. The van der Waals surface area contributed by atoms with E-state index in [1.54, 1.807) is 15.9 Å². The molecule has 166 valence electrons. The molecule has 2 saturated heterocycles. The van der Waals surface area contributed by atoms with Crippen LogP contribution in [0.4, 0.5) is 0 Å². The number of carboxylic acid groups (broad SMARTS) is 1. The second-order valence-electron chi connectivity index (χ2n) is 7.82. The highest BCUT2D eigenvalue weighted by Crippen LogP contribution is 2.44. The average Bonchev–Trinajstić information content (AvgIpc) is 3.44. The van der Waals surface area contributed by atoms with Crippen molar-refractivity contribution < 1.29 is 27.9 Å². The minimum absolute atomic E-state index is 0.0279. The Kier molecular flexibility index (Phi) is 7.06. The number of hydrogen-bond donors (Lipinski definition) is 1. The standard InChI is InChI=1S/C17H25N5O4S.CH2O2/c23-15(2-1-5-21-12-18-11-19-21)22-10-13-3-4-14(22)16(13)17(24)20-6-8-27(25,26)9-7-20;2-1-3/h11-14,16H,1-10H2;1H,(H,2,3)/t13-,14-,16+;/m0./s1. The maximum atomic E-state index is 13.0. The summed E-state index contributed by atoms with van der Waals surface area (Å²) in [6.45, 7) is 1.61. The van der Waals surface area contributed by atoms with E-state index in [1.165, 1.54) is 6.33 Å². The van der Waals surface area contributed by atoms with Gasteiger partial charge in [0.05, 0.1) is 17.4 Å². The van der Waals surface area contributed by atoms with Gasteiger partial charge in [0.15, 0.2) is 9.84 Å². The topological polar surface area (TPSA) is 143 Å². The summed E-state index contributed by atoms with van der Waals surface area (Å²) in [6.07, 6.45) is 6.07. The van der Waals surface area contributed by atoms with Crippen molar-refractivity contribution in [3.63, 3.8) is 0 Å². The van der Waals surface area contributed by atoms with Gasteiger partial charge in [-0.2, -0.15) is 5.10 Å². The molecular weight excluding hydrogens is 414 g/mol. The molecule has 30 heavy (non-hydrogen) atoms. The molecule has 1 aromatic heterocycles. The molecule has 1 N–H and O–H groups in total. The first kappa shape index (κ1) is 22.2. The molecule has 1 saturated carbocycles. The zero-order valence-electron chi connectivity index (χ0n) is 16.7. The average molecular weight is 442 g/mol. The summed E-state index contributed by atoms with van der Waals surface area (Å²) in [7, 11) is -3.01. The molecule has 2 bridgehead atoms. The fraction of sp³-hybridized carbons (Fsp3) is 0.722. The molecule has 3 atom stereocenters. The molecule has 3 heterocycles. The quantitative estimate of drug-likeness (QED) is 0.588. The molecule has 11 nitrogen and oxygen atoms in total. The molecule has 0 radical (unpaired) electrons. The summed E-state index contributed by atoms with van der Waals surface area (Å²) >= 11 is 0. The number of piperidine rings is 1. The Morgan fingerprint density at radius 2 is 1.90 bits per heavy atom. The SMILES string of the molecule is O=C([C@@H]1[C@H]2CC[C@@H]1N(C(=O)CCCn1cncn1)C2)N1CCS(=O)(=O)CC1.O=CO. The Balaban J connectivity index is 0.000000806. The van der Waals surface area contributed by atoms with Crippen molar-refractivity contribution in [2.24, 2.45) is 11.8 Å². The monoisotopic (exact) mass is 441 g/mol. The first-order valence-electron chi connectivity index (χ1n) is 10.0. The van der Waals surface area contributed by atoms with Crippen molar-refractivity contribution in [1.29, 1.82) is 0 Å². The van der Waals surface area contributed by atoms with Crippen LogP contribution in [0, 0.1) is 11.8 Å². The van der Waals surface area contributed by atoms with E-state index < -0.39 is 9.84 Å². The van der Waals surface area contributed by atoms with Crippen molar-refractivity contribution in [1.82, 2.24) is 24.6 Å². The van der Waals surface area contributed by atoms with E-state index in [0.717, 1.165) is 12.8 Å². The van der Waals surface area contributed by atoms with Gasteiger partial charge < -0.3 is 14.9 Å². The van der Waals surface area contributed by atoms with E-state index in [-0.39, 0.29) is 60.8 Å². The fourth-order valence-electron chi connectivity index (χ4n) is 4.68. The molecular formula is C18H27N5O6S. The van der Waals surface area contributed by atoms with Gasteiger partial charge in [0.1, 0.15) is 12.7 Å². The number of carbonyl (C=O) groups excluding carboxylic acids is 2. The van der Waals surface area contributed by atoms with Gasteiger partial charge >= 0.3 is 0 Å². The molecule has 3 fully saturated rings. The molecule has 0 spiro atoms. The summed E-state index contributed by atoms with van der Waals surface area (Å²) in [5.74, 6) is 0.277. The minimum atomic E-state index is -3.01. The first-order valence-corrected chi connectivity index (χ1v) is 11.9. The molecule has 1 aliphatic carbocycles. The van der Waals surface area contributed by atoms with Crippen LogP contribution in [-0.2, 0) is 30.8 Å². The van der Waals surface area contributed by atoms with Gasteiger partial charge in [-0.05, 0) is 25.2 Å². The summed E-state index contributed by atoms with van der Waals surface area (Å²) < 4.78 is 24.9. The summed E-state index contributed by atoms with van der Waals surface area (Å²) in [5.41, 5.74) is 0. The predicted molar refractivity (Wildman–Crippen MR) is 105 cm³/mol. The molecule has 3 aliphatic rings. The van der Waals surface area contributed by atoms with Crippen LogP contribution in [0.2, 0.25) is 0 Å². The number of fused-ring (bicyclic) bond motifs is 2. The number of nitrogens with zero attached hydrogens (tertiary/aromatic N) is 5. The Labute approximate surface area is 175 Å². The highest BCUT2D eigenvalue weighted by molar-refractivity contribution is 7.91. The van der Waals surface area contributed by atoms with Crippen LogP contribution < -0.4 is 0 Å². The predicted octanol–water partition coefficient (Wildman–Crippen LogP) is -0.747. The summed E-state index contributed by atoms with van der Waals surface area (Å²) in [5, 5.41) is 10.9. The van der Waals surface area contributed by atoms with Crippen molar-refractivity contribution in [2.75, 3.05) is 31.1 Å². The van der Waals surface area contributed by atoms with Crippen molar-refractivity contribution in [3.05, 3.63) is 12.7 Å². The molecule has 0 unspecified atom stereocenters. The summed E-state index contributed by atoms with van der Waals surface area (Å²) in [6, 6.07) is -0.0279. The largest absolute Gasteiger partial charge is 0.483 e. The van der Waals surface area contributed by atoms with E-state index in [9.17, 15) is 18.0 Å². The number of sulfone groups is 1. The fourth-order valence-corrected chi connectivity index (χ4v) is 5.88. The smallest absolute Gasteiger partial charge is 0.290 e. The number of rotatable bonds is 5. The number of aryl methyl sites for hydroxylation is 1. The third-order valence-corrected chi connectivity index (χ3v) is 7.70. The van der Waals surface area contributed by atoms with Crippen LogP contribution in [0.15, 0.2) is 12.7 Å². The highest BCUT2D eigenvalue weighted by Gasteiger charge is 2.52. The van der Waals surface area contributed by atoms with Gasteiger partial charge in [-0.3, -0.25) is 19.1 Å². The minimum Gasteiger partial charge on any atom is -0.483 e. The van der Waals surface area contributed by atoms with Crippen molar-refractivity contribution in [2.45, 2.75) is 38.3 Å². The molecule has 0 aromatic carbocycles. The molecule has 1 aromatic rings. The van der Waals surface area contributed by atoms with E-state index in [0.29, 0.717) is 25.9 Å². The van der Waals surface area contributed by atoms with E-state index in [4.69, 9.17) is 9.90 Å². The van der Waals surface area contributed by atoms with Crippen LogP contribution in [-0.4, -0.2) is 93.6 Å². The molecule has 2 amide bonds. The van der Waals surface area contributed by atoms with Crippen molar-refractivity contribution >= 4 is 28.1 Å². The van der Waals surface area contributed by atoms with Crippen molar-refractivity contribution in [3.8, 4) is 0 Å². The lowest BCUT2D eigenvalue weighted by Gasteiger charge is -2.31. The van der Waals surface area contributed by atoms with Crippen LogP contribution in [0.1, 0.15) is 25.7 Å². The zero-order chi connectivity index (χ0) is 21.7. The maximum Gasteiger partial charge on any atom is 0.290 e. The first-order chi connectivity index (χ1) is 14.4. The van der Waals surface area contributed by atoms with Gasteiger partial charge in [0.25, 0.3) is 6.47 Å². The second kappa shape index (κ2) is 9.54. The number of amides is 2. The third kappa shape index (κ3) is 4.97. The van der Waals surface area contributed by atoms with Gasteiger partial charge in [-0.1, -0.05) is 0 Å². The zero-order valence-corrected chi connectivity index (χ0v) is 17.5. The molecule has 12 heteroatoms. The normalized spacial score (nSPS) is 26.7. The molecule has 2 aliphatic heterocycles. The second-order valence-corrected chi connectivity index (χ2v) is 10.1. The van der Waals surface area contributed by atoms with Crippen LogP contribution in [0.3, 0.4) is 0 Å². The Morgan fingerprint density at radius 1 is 1.20 bits per heavy atom. The van der Waals surface area contributed by atoms with Crippen LogP contribution in [0.25, 0.3) is 0 Å². The molecule has 4 rings (SSSR count). The van der Waals surface area contributed by atoms with Gasteiger partial charge in [-0.25, -0.2) is 13.4 Å². The van der Waals surface area contributed by atoms with Gasteiger partial charge in [0.2, 0.25) is 11.8 Å². The lowest BCUT2D eigenvalue weighted by Crippen LogP contribution is -2.48. The third-order valence-electron chi connectivity index (χ3n) is 6.09. The number of carbonyl (C=O) groups is 3. The Hall–Kier alpha value is -2.50. The lowest BCUT2D eigenvalue weighted by molar-refractivity contribution is -0.137. The van der Waals surface area contributed by atoms with Gasteiger partial charge in [0, 0.05) is 38.6 Å². The van der Waals surface area contributed by atoms with E-state index >= 15 is 0 Å². The van der Waals surface area contributed by atoms with E-state index in [2.05, 4.69) is 10.1 Å². The number of aromatic nitrogens is 3. The number of likely N-dealkylation sites (tertiary alicyclic amines) is 1. The van der Waals surface area contributed by atoms with Crippen LogP contribution >= 0.6 is 0 Å². The number of hydrogen-bond acceptors (Lipinski definition) is 7. The lowest BCUT2D eigenvalue weighted by atomic mass is 9.96. The maximum absolute atomic E-state index is 13.0. The van der Waals surface area contributed by atoms with E-state index in [1.807, 2.05) is 4.90 Å². The summed E-state index contributed by atoms with van der Waals surface area (Å²) in [4.78, 5) is 41.5. The van der Waals surface area contributed by atoms with Crippen LogP contribution in [0.5, 0.6) is 0 Å². The highest BCUT2D eigenvalue weighted by atomic mass is 32.2.